The van der Waals surface area contributed by atoms with E-state index in [1.54, 1.807) is 17.3 Å². The van der Waals surface area contributed by atoms with Crippen LogP contribution in [0.2, 0.25) is 0 Å². The second-order valence-corrected chi connectivity index (χ2v) is 6.08. The highest BCUT2D eigenvalue weighted by Gasteiger charge is 2.23. The van der Waals surface area contributed by atoms with E-state index in [-0.39, 0.29) is 11.8 Å². The van der Waals surface area contributed by atoms with E-state index < -0.39 is 0 Å². The maximum absolute atomic E-state index is 12.4. The lowest BCUT2D eigenvalue weighted by Crippen LogP contribution is -2.37. The number of H-pyrrole nitrogens is 1. The van der Waals surface area contributed by atoms with Gasteiger partial charge >= 0.3 is 0 Å². The van der Waals surface area contributed by atoms with E-state index in [0.717, 1.165) is 24.8 Å². The minimum absolute atomic E-state index is 0.123. The van der Waals surface area contributed by atoms with Gasteiger partial charge in [-0.15, -0.1) is 0 Å². The number of nitrogens with one attached hydrogen (secondary N) is 1. The molecule has 0 radical (unpaired) electrons. The topological polar surface area (TPSA) is 95.1 Å². The lowest BCUT2D eigenvalue weighted by molar-refractivity contribution is -0.131. The fourth-order valence-electron chi connectivity index (χ4n) is 2.96. The van der Waals surface area contributed by atoms with E-state index in [1.807, 2.05) is 11.1 Å². The normalized spacial score (nSPS) is 15.0. The van der Waals surface area contributed by atoms with Crippen LogP contribution in [0.1, 0.15) is 35.3 Å². The molecule has 0 bridgehead atoms. The molecular formula is C17H22N6O2. The van der Waals surface area contributed by atoms with Crippen LogP contribution >= 0.6 is 0 Å². The van der Waals surface area contributed by atoms with Crippen LogP contribution in [0.4, 0.5) is 0 Å². The lowest BCUT2D eigenvalue weighted by atomic mass is 10.1. The quantitative estimate of drug-likeness (QED) is 0.871. The molecule has 0 spiro atoms. The number of amides is 2. The SMILES string of the molecule is O=C(CCCc1cn[nH]c1)N1CCCN(C(=O)c2cnccn2)CC1. The highest BCUT2D eigenvalue weighted by Crippen LogP contribution is 2.10. The van der Waals surface area contributed by atoms with E-state index in [0.29, 0.717) is 38.3 Å². The molecule has 3 heterocycles. The Kier molecular flexibility index (Phi) is 5.71. The van der Waals surface area contributed by atoms with Crippen molar-refractivity contribution in [3.8, 4) is 0 Å². The molecule has 0 aromatic carbocycles. The molecule has 2 aromatic heterocycles. The van der Waals surface area contributed by atoms with Crippen molar-refractivity contribution in [3.05, 3.63) is 42.2 Å². The van der Waals surface area contributed by atoms with Crippen LogP contribution in [0.3, 0.4) is 0 Å². The first kappa shape index (κ1) is 17.1. The Bertz CT molecular complexity index is 688. The summed E-state index contributed by atoms with van der Waals surface area (Å²) in [5.74, 6) is 0.0275. The van der Waals surface area contributed by atoms with Crippen LogP contribution in [0.5, 0.6) is 0 Å². The average Bonchev–Trinajstić information content (AvgIpc) is 3.04. The molecule has 2 amide bonds. The van der Waals surface area contributed by atoms with Crippen molar-refractivity contribution in [2.75, 3.05) is 26.2 Å². The third-order valence-electron chi connectivity index (χ3n) is 4.33. The molecule has 132 valence electrons. The van der Waals surface area contributed by atoms with Crippen molar-refractivity contribution in [2.24, 2.45) is 0 Å². The first-order valence-corrected chi connectivity index (χ1v) is 8.55. The summed E-state index contributed by atoms with van der Waals surface area (Å²) in [5, 5.41) is 6.68. The van der Waals surface area contributed by atoms with Crippen molar-refractivity contribution in [2.45, 2.75) is 25.7 Å². The van der Waals surface area contributed by atoms with E-state index in [2.05, 4.69) is 20.2 Å². The first-order chi connectivity index (χ1) is 12.2. The number of hydrogen-bond donors (Lipinski definition) is 1. The predicted octanol–water partition coefficient (Wildman–Crippen LogP) is 0.897. The van der Waals surface area contributed by atoms with Gasteiger partial charge in [0, 0.05) is 51.2 Å². The number of aromatic nitrogens is 4. The summed E-state index contributed by atoms with van der Waals surface area (Å²) in [6.45, 7) is 2.42. The van der Waals surface area contributed by atoms with Crippen molar-refractivity contribution < 1.29 is 9.59 Å². The molecule has 8 heteroatoms. The molecular weight excluding hydrogens is 320 g/mol. The second-order valence-electron chi connectivity index (χ2n) is 6.08. The van der Waals surface area contributed by atoms with Crippen molar-refractivity contribution >= 4 is 11.8 Å². The summed E-state index contributed by atoms with van der Waals surface area (Å²) in [6, 6.07) is 0. The van der Waals surface area contributed by atoms with Crippen LogP contribution < -0.4 is 0 Å². The van der Waals surface area contributed by atoms with Crippen molar-refractivity contribution in [1.29, 1.82) is 0 Å². The number of aromatic amines is 1. The fourth-order valence-corrected chi connectivity index (χ4v) is 2.96. The lowest BCUT2D eigenvalue weighted by Gasteiger charge is -2.22. The molecule has 1 aliphatic rings. The van der Waals surface area contributed by atoms with Gasteiger partial charge in [-0.3, -0.25) is 19.7 Å². The Labute approximate surface area is 146 Å². The van der Waals surface area contributed by atoms with Gasteiger partial charge in [0.05, 0.1) is 12.4 Å². The molecule has 0 aliphatic carbocycles. The van der Waals surface area contributed by atoms with E-state index >= 15 is 0 Å². The van der Waals surface area contributed by atoms with E-state index in [4.69, 9.17) is 0 Å². The number of carbonyl (C=O) groups is 2. The second kappa shape index (κ2) is 8.36. The third-order valence-corrected chi connectivity index (χ3v) is 4.33. The molecule has 8 nitrogen and oxygen atoms in total. The van der Waals surface area contributed by atoms with Gasteiger partial charge in [-0.2, -0.15) is 5.10 Å². The zero-order valence-corrected chi connectivity index (χ0v) is 14.1. The minimum atomic E-state index is -0.123. The minimum Gasteiger partial charge on any atom is -0.341 e. The summed E-state index contributed by atoms with van der Waals surface area (Å²) in [5.41, 5.74) is 1.46. The van der Waals surface area contributed by atoms with Crippen LogP contribution in [0.15, 0.2) is 31.0 Å². The highest BCUT2D eigenvalue weighted by atomic mass is 16.2. The van der Waals surface area contributed by atoms with Crippen LogP contribution in [-0.4, -0.2) is 68.0 Å². The Balaban J connectivity index is 1.47. The average molecular weight is 342 g/mol. The van der Waals surface area contributed by atoms with Crippen molar-refractivity contribution in [3.63, 3.8) is 0 Å². The number of nitrogens with zero attached hydrogens (tertiary/aromatic N) is 5. The summed E-state index contributed by atoms with van der Waals surface area (Å²) in [4.78, 5) is 36.5. The molecule has 1 N–H and O–H groups in total. The van der Waals surface area contributed by atoms with Gasteiger partial charge in [-0.05, 0) is 24.8 Å². The molecule has 2 aromatic rings. The molecule has 3 rings (SSSR count). The largest absolute Gasteiger partial charge is 0.341 e. The third kappa shape index (κ3) is 4.62. The molecule has 1 saturated heterocycles. The Morgan fingerprint density at radius 1 is 1.08 bits per heavy atom. The smallest absolute Gasteiger partial charge is 0.274 e. The number of rotatable bonds is 5. The van der Waals surface area contributed by atoms with Gasteiger partial charge in [-0.25, -0.2) is 4.98 Å². The zero-order chi connectivity index (χ0) is 17.5. The molecule has 0 unspecified atom stereocenters. The molecule has 0 saturated carbocycles. The van der Waals surface area contributed by atoms with Crippen LogP contribution in [0.25, 0.3) is 0 Å². The maximum Gasteiger partial charge on any atom is 0.274 e. The summed E-state index contributed by atoms with van der Waals surface area (Å²) < 4.78 is 0. The van der Waals surface area contributed by atoms with Crippen LogP contribution in [0, 0.1) is 0 Å². The van der Waals surface area contributed by atoms with Gasteiger partial charge in [0.1, 0.15) is 5.69 Å². The van der Waals surface area contributed by atoms with E-state index in [9.17, 15) is 9.59 Å². The number of hydrogen-bond acceptors (Lipinski definition) is 5. The van der Waals surface area contributed by atoms with Gasteiger partial charge in [0.25, 0.3) is 5.91 Å². The summed E-state index contributed by atoms with van der Waals surface area (Å²) in [6.07, 6.45) is 11.1. The van der Waals surface area contributed by atoms with Gasteiger partial charge in [-0.1, -0.05) is 0 Å². The Morgan fingerprint density at radius 3 is 2.68 bits per heavy atom. The molecule has 0 atom stereocenters. The zero-order valence-electron chi connectivity index (χ0n) is 14.1. The molecule has 1 fully saturated rings. The van der Waals surface area contributed by atoms with Gasteiger partial charge < -0.3 is 9.80 Å². The monoisotopic (exact) mass is 342 g/mol. The summed E-state index contributed by atoms with van der Waals surface area (Å²) >= 11 is 0. The highest BCUT2D eigenvalue weighted by molar-refractivity contribution is 5.92. The Hall–Kier alpha value is -2.77. The predicted molar refractivity (Wildman–Crippen MR) is 90.7 cm³/mol. The standard InChI is InChI=1S/C17H22N6O2/c24-16(4-1-3-14-11-20-21-12-14)22-7-2-8-23(10-9-22)17(25)15-13-18-5-6-19-15/h5-6,11-13H,1-4,7-10H2,(H,20,21). The summed E-state index contributed by atoms with van der Waals surface area (Å²) in [7, 11) is 0. The van der Waals surface area contributed by atoms with E-state index in [1.165, 1.54) is 12.4 Å². The molecule has 1 aliphatic heterocycles. The van der Waals surface area contributed by atoms with Gasteiger partial charge in [0.15, 0.2) is 0 Å². The van der Waals surface area contributed by atoms with Crippen molar-refractivity contribution in [1.82, 2.24) is 30.0 Å². The number of carbonyl (C=O) groups excluding carboxylic acids is 2. The van der Waals surface area contributed by atoms with Gasteiger partial charge in [0.2, 0.25) is 5.91 Å². The maximum atomic E-state index is 12.4. The number of aryl methyl sites for hydroxylation is 1. The fraction of sp³-hybridized carbons (Fsp3) is 0.471. The Morgan fingerprint density at radius 2 is 1.92 bits per heavy atom. The first-order valence-electron chi connectivity index (χ1n) is 8.55. The van der Waals surface area contributed by atoms with Crippen LogP contribution in [-0.2, 0) is 11.2 Å². The molecule has 25 heavy (non-hydrogen) atoms.